The predicted octanol–water partition coefficient (Wildman–Crippen LogP) is 1.57. The third kappa shape index (κ3) is 3.23. The molecule has 1 amide bonds. The maximum atomic E-state index is 12.4. The van der Waals surface area contributed by atoms with Crippen molar-refractivity contribution in [2.45, 2.75) is 50.1 Å². The highest BCUT2D eigenvalue weighted by Gasteiger charge is 2.48. The van der Waals surface area contributed by atoms with Crippen LogP contribution in [0, 0.1) is 5.92 Å². The molecule has 2 fully saturated rings. The van der Waals surface area contributed by atoms with Gasteiger partial charge in [0.2, 0.25) is 5.91 Å². The number of amides is 1. The molecule has 2 rings (SSSR count). The number of carboxylic acid groups (broad SMARTS) is 1. The van der Waals surface area contributed by atoms with Gasteiger partial charge in [0.15, 0.2) is 0 Å². The number of carbonyl (C=O) groups is 2. The fourth-order valence-corrected chi connectivity index (χ4v) is 3.96. The number of hydrogen-bond acceptors (Lipinski definition) is 4. The van der Waals surface area contributed by atoms with Gasteiger partial charge >= 0.3 is 5.97 Å². The van der Waals surface area contributed by atoms with Crippen LogP contribution in [0.5, 0.6) is 0 Å². The topological polar surface area (TPSA) is 66.8 Å². The lowest BCUT2D eigenvalue weighted by Crippen LogP contribution is -2.48. The number of nitrogens with zero attached hydrogens (tertiary/aromatic N) is 1. The Labute approximate surface area is 117 Å². The predicted molar refractivity (Wildman–Crippen MR) is 72.9 cm³/mol. The van der Waals surface area contributed by atoms with Crippen molar-refractivity contribution in [2.24, 2.45) is 5.92 Å². The highest BCUT2D eigenvalue weighted by atomic mass is 32.2. The number of rotatable bonds is 5. The molecule has 0 aromatic rings. The molecule has 0 radical (unpaired) electrons. The first kappa shape index (κ1) is 14.7. The van der Waals surface area contributed by atoms with E-state index in [1.807, 2.05) is 13.8 Å². The molecule has 108 valence electrons. The van der Waals surface area contributed by atoms with Crippen LogP contribution in [0.15, 0.2) is 0 Å². The van der Waals surface area contributed by atoms with E-state index in [9.17, 15) is 14.7 Å². The highest BCUT2D eigenvalue weighted by molar-refractivity contribution is 8.00. The van der Waals surface area contributed by atoms with Gasteiger partial charge in [0.1, 0.15) is 6.04 Å². The molecule has 0 spiro atoms. The van der Waals surface area contributed by atoms with Gasteiger partial charge in [-0.25, -0.2) is 4.79 Å². The monoisotopic (exact) mass is 287 g/mol. The van der Waals surface area contributed by atoms with Crippen LogP contribution >= 0.6 is 11.8 Å². The Morgan fingerprint density at radius 2 is 2.05 bits per heavy atom. The van der Waals surface area contributed by atoms with Gasteiger partial charge in [-0.3, -0.25) is 4.79 Å². The minimum atomic E-state index is -0.903. The van der Waals surface area contributed by atoms with Crippen molar-refractivity contribution in [1.82, 2.24) is 4.90 Å². The zero-order valence-corrected chi connectivity index (χ0v) is 12.4. The standard InChI is InChI=1S/C13H21NO4S/c1-13(2,18-3)6-10(15)14-9(12(16)17)7-19-11(14)8-4-5-8/h8-9,11H,4-7H2,1-3H3,(H,16,17). The first-order valence-electron chi connectivity index (χ1n) is 6.56. The van der Waals surface area contributed by atoms with E-state index in [4.69, 9.17) is 4.74 Å². The second kappa shape index (κ2) is 5.32. The Morgan fingerprint density at radius 1 is 1.42 bits per heavy atom. The zero-order valence-electron chi connectivity index (χ0n) is 11.6. The van der Waals surface area contributed by atoms with Gasteiger partial charge < -0.3 is 14.7 Å². The second-order valence-electron chi connectivity index (χ2n) is 5.86. The van der Waals surface area contributed by atoms with E-state index in [-0.39, 0.29) is 17.7 Å². The summed E-state index contributed by atoms with van der Waals surface area (Å²) in [4.78, 5) is 25.3. The van der Waals surface area contributed by atoms with Crippen LogP contribution in [0.1, 0.15) is 33.1 Å². The largest absolute Gasteiger partial charge is 0.480 e. The number of aliphatic carboxylic acids is 1. The van der Waals surface area contributed by atoms with Crippen molar-refractivity contribution < 1.29 is 19.4 Å². The van der Waals surface area contributed by atoms with Gasteiger partial charge in [-0.15, -0.1) is 11.8 Å². The van der Waals surface area contributed by atoms with Crippen LogP contribution in [0.4, 0.5) is 0 Å². The van der Waals surface area contributed by atoms with Gasteiger partial charge in [-0.2, -0.15) is 0 Å². The summed E-state index contributed by atoms with van der Waals surface area (Å²) in [6.07, 6.45) is 2.42. The number of ether oxygens (including phenoxy) is 1. The number of hydrogen-bond donors (Lipinski definition) is 1. The maximum absolute atomic E-state index is 12.4. The molecule has 5 nitrogen and oxygen atoms in total. The normalized spacial score (nSPS) is 27.6. The molecular weight excluding hydrogens is 266 g/mol. The van der Waals surface area contributed by atoms with E-state index in [1.165, 1.54) is 0 Å². The fourth-order valence-electron chi connectivity index (χ4n) is 2.31. The molecule has 1 N–H and O–H groups in total. The Kier molecular flexibility index (Phi) is 4.11. The molecule has 0 bridgehead atoms. The number of thioether (sulfide) groups is 1. The first-order valence-corrected chi connectivity index (χ1v) is 7.61. The molecule has 2 unspecified atom stereocenters. The number of carbonyl (C=O) groups excluding carboxylic acids is 1. The summed E-state index contributed by atoms with van der Waals surface area (Å²) in [5.74, 6) is -0.0420. The van der Waals surface area contributed by atoms with E-state index >= 15 is 0 Å². The van der Waals surface area contributed by atoms with E-state index in [0.29, 0.717) is 11.7 Å². The van der Waals surface area contributed by atoms with Crippen LogP contribution in [-0.2, 0) is 14.3 Å². The summed E-state index contributed by atoms with van der Waals surface area (Å²) >= 11 is 1.60. The molecule has 1 aliphatic carbocycles. The van der Waals surface area contributed by atoms with Gasteiger partial charge in [-0.1, -0.05) is 0 Å². The molecule has 1 heterocycles. The van der Waals surface area contributed by atoms with Crippen molar-refractivity contribution >= 4 is 23.6 Å². The summed E-state index contributed by atoms with van der Waals surface area (Å²) in [6.45, 7) is 3.69. The Morgan fingerprint density at radius 3 is 2.53 bits per heavy atom. The average Bonchev–Trinajstić information content (AvgIpc) is 3.06. The number of methoxy groups -OCH3 is 1. The van der Waals surface area contributed by atoms with Crippen LogP contribution in [0.25, 0.3) is 0 Å². The highest BCUT2D eigenvalue weighted by Crippen LogP contribution is 2.45. The molecule has 2 aliphatic rings. The van der Waals surface area contributed by atoms with Crippen LogP contribution in [0.3, 0.4) is 0 Å². The zero-order chi connectivity index (χ0) is 14.2. The summed E-state index contributed by atoms with van der Waals surface area (Å²) in [7, 11) is 1.57. The summed E-state index contributed by atoms with van der Waals surface area (Å²) < 4.78 is 5.27. The molecule has 0 aromatic carbocycles. The maximum Gasteiger partial charge on any atom is 0.327 e. The second-order valence-corrected chi connectivity index (χ2v) is 7.01. The Bertz CT molecular complexity index is 381. The summed E-state index contributed by atoms with van der Waals surface area (Å²) in [6, 6.07) is -0.684. The minimum Gasteiger partial charge on any atom is -0.480 e. The van der Waals surface area contributed by atoms with Gasteiger partial charge in [-0.05, 0) is 32.6 Å². The Hall–Kier alpha value is -0.750. The van der Waals surface area contributed by atoms with Crippen molar-refractivity contribution in [3.8, 4) is 0 Å². The van der Waals surface area contributed by atoms with Gasteiger partial charge in [0, 0.05) is 12.9 Å². The Balaban J connectivity index is 2.11. The smallest absolute Gasteiger partial charge is 0.327 e. The molecule has 1 saturated carbocycles. The van der Waals surface area contributed by atoms with Crippen molar-refractivity contribution in [3.05, 3.63) is 0 Å². The van der Waals surface area contributed by atoms with E-state index in [2.05, 4.69) is 0 Å². The van der Waals surface area contributed by atoms with Crippen molar-refractivity contribution in [3.63, 3.8) is 0 Å². The fraction of sp³-hybridized carbons (Fsp3) is 0.846. The van der Waals surface area contributed by atoms with E-state index in [1.54, 1.807) is 23.8 Å². The molecule has 1 aliphatic heterocycles. The lowest BCUT2D eigenvalue weighted by Gasteiger charge is -2.31. The van der Waals surface area contributed by atoms with Crippen molar-refractivity contribution in [1.29, 1.82) is 0 Å². The van der Waals surface area contributed by atoms with Gasteiger partial charge in [0.05, 0.1) is 17.4 Å². The summed E-state index contributed by atoms with van der Waals surface area (Å²) in [5, 5.41) is 9.31. The van der Waals surface area contributed by atoms with Crippen LogP contribution in [0.2, 0.25) is 0 Å². The number of carboxylic acids is 1. The quantitative estimate of drug-likeness (QED) is 0.831. The molecule has 2 atom stereocenters. The van der Waals surface area contributed by atoms with E-state index in [0.717, 1.165) is 12.8 Å². The van der Waals surface area contributed by atoms with Crippen LogP contribution < -0.4 is 0 Å². The third-order valence-corrected chi connectivity index (χ3v) is 5.22. The SMILES string of the molecule is COC(C)(C)CC(=O)N1C(C(=O)O)CSC1C1CC1. The van der Waals surface area contributed by atoms with E-state index < -0.39 is 17.6 Å². The lowest BCUT2D eigenvalue weighted by atomic mass is 10.0. The molecular formula is C13H21NO4S. The average molecular weight is 287 g/mol. The van der Waals surface area contributed by atoms with Crippen molar-refractivity contribution in [2.75, 3.05) is 12.9 Å². The first-order chi connectivity index (χ1) is 8.85. The lowest BCUT2D eigenvalue weighted by molar-refractivity contribution is -0.151. The minimum absolute atomic E-state index is 0.0428. The molecule has 0 aromatic heterocycles. The third-order valence-electron chi connectivity index (χ3n) is 3.76. The molecule has 1 saturated heterocycles. The summed E-state index contributed by atoms with van der Waals surface area (Å²) in [5.41, 5.74) is -0.554. The molecule has 19 heavy (non-hydrogen) atoms. The van der Waals surface area contributed by atoms with Gasteiger partial charge in [0.25, 0.3) is 0 Å². The molecule has 6 heteroatoms. The van der Waals surface area contributed by atoms with Crippen LogP contribution in [-0.4, -0.2) is 51.8 Å².